The number of benzene rings is 4. The van der Waals surface area contributed by atoms with E-state index in [-0.39, 0.29) is 30.6 Å². The molecule has 9 heteroatoms. The summed E-state index contributed by atoms with van der Waals surface area (Å²) in [6.45, 7) is 8.58. The van der Waals surface area contributed by atoms with E-state index in [1.165, 1.54) is 12.5 Å². The molecule has 53 heavy (non-hydrogen) atoms. The third-order valence-electron chi connectivity index (χ3n) is 10.2. The van der Waals surface area contributed by atoms with E-state index >= 15 is 0 Å². The normalized spacial score (nSPS) is 19.5. The van der Waals surface area contributed by atoms with Crippen LogP contribution >= 0.6 is 0 Å². The number of rotatable bonds is 16. The van der Waals surface area contributed by atoms with Crippen molar-refractivity contribution >= 4 is 11.8 Å². The summed E-state index contributed by atoms with van der Waals surface area (Å²) >= 11 is 0. The van der Waals surface area contributed by atoms with Crippen molar-refractivity contribution in [2.24, 2.45) is 0 Å². The lowest BCUT2D eigenvalue weighted by Gasteiger charge is -2.40. The number of carbonyl (C=O) groups is 2. The fourth-order valence-corrected chi connectivity index (χ4v) is 7.13. The van der Waals surface area contributed by atoms with Gasteiger partial charge in [-0.2, -0.15) is 0 Å². The summed E-state index contributed by atoms with van der Waals surface area (Å²) < 4.78 is 13.3. The molecule has 2 saturated heterocycles. The third-order valence-corrected chi connectivity index (χ3v) is 10.2. The van der Waals surface area contributed by atoms with Gasteiger partial charge in [-0.1, -0.05) is 103 Å². The second kappa shape index (κ2) is 19.6. The van der Waals surface area contributed by atoms with Gasteiger partial charge in [-0.25, -0.2) is 0 Å². The molecule has 0 radical (unpaired) electrons. The number of hydrogen-bond acceptors (Lipinski definition) is 7. The predicted molar refractivity (Wildman–Crippen MR) is 207 cm³/mol. The van der Waals surface area contributed by atoms with Gasteiger partial charge in [-0.3, -0.25) is 19.4 Å². The molecular weight excluding hydrogens is 665 g/mol. The molecule has 2 fully saturated rings. The van der Waals surface area contributed by atoms with Crippen LogP contribution in [0, 0.1) is 0 Å². The van der Waals surface area contributed by atoms with Crippen LogP contribution in [-0.4, -0.2) is 72.1 Å². The largest absolute Gasteiger partial charge is 0.392 e. The van der Waals surface area contributed by atoms with E-state index in [0.717, 1.165) is 98.3 Å². The Labute approximate surface area is 314 Å². The maximum Gasteiger partial charge on any atom is 0.220 e. The van der Waals surface area contributed by atoms with E-state index in [4.69, 9.17) is 9.47 Å². The van der Waals surface area contributed by atoms with Gasteiger partial charge in [0.2, 0.25) is 11.8 Å². The van der Waals surface area contributed by atoms with E-state index in [1.54, 1.807) is 0 Å². The number of carbonyl (C=O) groups excluding carboxylic acids is 2. The standard InChI is InChI=1S/C44H54N4O5/c1-33(50)45-22-7-3-6-13-43(51)46-29-36-11-8-12-40(27-36)37-18-20-39(21-19-37)44-52-41(28-42(53-44)38-16-14-35(32-49)15-17-38)31-48-25-23-47(24-26-48)30-34-9-4-2-5-10-34/h2,4-5,8-12,14-21,27,41-42,44,49H,3,6-7,13,22-26,28-32H2,1H3,(H,45,50)(H,46,51). The minimum atomic E-state index is -0.503. The van der Waals surface area contributed by atoms with Crippen LogP contribution in [0.2, 0.25) is 0 Å². The van der Waals surface area contributed by atoms with E-state index in [1.807, 2.05) is 24.3 Å². The molecule has 0 bridgehead atoms. The maximum absolute atomic E-state index is 12.4. The molecule has 2 aliphatic rings. The molecule has 280 valence electrons. The summed E-state index contributed by atoms with van der Waals surface area (Å²) in [6.07, 6.45) is 3.20. The van der Waals surface area contributed by atoms with E-state index in [9.17, 15) is 14.7 Å². The molecule has 4 aromatic rings. The van der Waals surface area contributed by atoms with Crippen LogP contribution in [-0.2, 0) is 38.8 Å². The second-order valence-electron chi connectivity index (χ2n) is 14.3. The molecular formula is C44H54N4O5. The topological polar surface area (TPSA) is 103 Å². The van der Waals surface area contributed by atoms with Gasteiger partial charge in [0.25, 0.3) is 0 Å². The summed E-state index contributed by atoms with van der Waals surface area (Å²) in [4.78, 5) is 28.5. The van der Waals surface area contributed by atoms with Crippen molar-refractivity contribution in [1.29, 1.82) is 0 Å². The highest BCUT2D eigenvalue weighted by molar-refractivity contribution is 5.76. The van der Waals surface area contributed by atoms with Gasteiger partial charge >= 0.3 is 0 Å². The molecule has 3 N–H and O–H groups in total. The Morgan fingerprint density at radius 2 is 1.43 bits per heavy atom. The van der Waals surface area contributed by atoms with Gasteiger partial charge < -0.3 is 25.2 Å². The molecule has 2 heterocycles. The van der Waals surface area contributed by atoms with E-state index in [0.29, 0.717) is 19.5 Å². The van der Waals surface area contributed by atoms with Crippen LogP contribution < -0.4 is 10.6 Å². The Kier molecular flexibility index (Phi) is 14.2. The number of piperazine rings is 1. The Hall–Kier alpha value is -4.38. The van der Waals surface area contributed by atoms with Gasteiger partial charge in [0.15, 0.2) is 6.29 Å². The number of amides is 2. The minimum Gasteiger partial charge on any atom is -0.392 e. The number of nitrogens with one attached hydrogen (secondary N) is 2. The Balaban J connectivity index is 1.05. The molecule has 4 aromatic carbocycles. The fraction of sp³-hybridized carbons (Fsp3) is 0.409. The van der Waals surface area contributed by atoms with E-state index < -0.39 is 6.29 Å². The van der Waals surface area contributed by atoms with Crippen molar-refractivity contribution in [2.45, 2.75) is 77.2 Å². The van der Waals surface area contributed by atoms with E-state index in [2.05, 4.69) is 99.3 Å². The zero-order chi connectivity index (χ0) is 36.8. The molecule has 3 atom stereocenters. The molecule has 2 aliphatic heterocycles. The summed E-state index contributed by atoms with van der Waals surface area (Å²) in [6, 6.07) is 35.4. The lowest BCUT2D eigenvalue weighted by atomic mass is 9.98. The number of unbranched alkanes of at least 4 members (excludes halogenated alkanes) is 2. The van der Waals surface area contributed by atoms with Crippen LogP contribution in [0.3, 0.4) is 0 Å². The highest BCUT2D eigenvalue weighted by atomic mass is 16.7. The summed E-state index contributed by atoms with van der Waals surface area (Å²) in [7, 11) is 0. The lowest BCUT2D eigenvalue weighted by Crippen LogP contribution is -2.49. The number of aliphatic hydroxyl groups excluding tert-OH is 1. The maximum atomic E-state index is 12.4. The Morgan fingerprint density at radius 3 is 2.17 bits per heavy atom. The van der Waals surface area contributed by atoms with Crippen molar-refractivity contribution in [3.63, 3.8) is 0 Å². The molecule has 6 rings (SSSR count). The minimum absolute atomic E-state index is 0.00671. The van der Waals surface area contributed by atoms with Crippen molar-refractivity contribution in [3.05, 3.63) is 131 Å². The SMILES string of the molecule is CC(=O)NCCCCCC(=O)NCc1cccc(-c2ccc(C3OC(CN4CCN(Cc5ccccc5)CC4)CC(c4ccc(CO)cc4)O3)cc2)c1. The molecule has 0 saturated carbocycles. The molecule has 0 aromatic heterocycles. The molecule has 0 aliphatic carbocycles. The fourth-order valence-electron chi connectivity index (χ4n) is 7.13. The molecule has 9 nitrogen and oxygen atoms in total. The first-order chi connectivity index (χ1) is 25.9. The van der Waals surface area contributed by atoms with Gasteiger partial charge in [-0.15, -0.1) is 0 Å². The van der Waals surface area contributed by atoms with Crippen LogP contribution in [0.5, 0.6) is 0 Å². The molecule has 0 spiro atoms. The van der Waals surface area contributed by atoms with Gasteiger partial charge in [-0.05, 0) is 52.3 Å². The molecule has 2 amide bonds. The first kappa shape index (κ1) is 38.3. The summed E-state index contributed by atoms with van der Waals surface area (Å²) in [5.41, 5.74) is 7.52. The quantitative estimate of drug-likeness (QED) is 0.113. The average molecular weight is 719 g/mol. The van der Waals surface area contributed by atoms with Crippen molar-refractivity contribution in [2.75, 3.05) is 39.3 Å². The number of hydrogen-bond donors (Lipinski definition) is 3. The monoisotopic (exact) mass is 718 g/mol. The number of aliphatic hydroxyl groups is 1. The highest BCUT2D eigenvalue weighted by Crippen LogP contribution is 2.39. The number of nitrogens with zero attached hydrogens (tertiary/aromatic N) is 2. The highest BCUT2D eigenvalue weighted by Gasteiger charge is 2.34. The van der Waals surface area contributed by atoms with Crippen molar-refractivity contribution < 1.29 is 24.2 Å². The summed E-state index contributed by atoms with van der Waals surface area (Å²) in [5, 5.41) is 15.4. The zero-order valence-corrected chi connectivity index (χ0v) is 30.9. The molecule has 3 unspecified atom stereocenters. The van der Waals surface area contributed by atoms with Crippen molar-refractivity contribution in [3.8, 4) is 11.1 Å². The Morgan fingerprint density at radius 1 is 0.717 bits per heavy atom. The average Bonchev–Trinajstić information content (AvgIpc) is 3.19. The van der Waals surface area contributed by atoms with Crippen LogP contribution in [0.4, 0.5) is 0 Å². The van der Waals surface area contributed by atoms with Crippen LogP contribution in [0.25, 0.3) is 11.1 Å². The number of ether oxygens (including phenoxy) is 2. The van der Waals surface area contributed by atoms with Crippen molar-refractivity contribution in [1.82, 2.24) is 20.4 Å². The lowest BCUT2D eigenvalue weighted by molar-refractivity contribution is -0.253. The van der Waals surface area contributed by atoms with Gasteiger partial charge in [0.1, 0.15) is 0 Å². The second-order valence-corrected chi connectivity index (χ2v) is 14.3. The van der Waals surface area contributed by atoms with Gasteiger partial charge in [0.05, 0.1) is 18.8 Å². The predicted octanol–water partition coefficient (Wildman–Crippen LogP) is 6.52. The summed E-state index contributed by atoms with van der Waals surface area (Å²) in [5.74, 6) is 0.0195. The van der Waals surface area contributed by atoms with Crippen LogP contribution in [0.1, 0.15) is 79.2 Å². The Bertz CT molecular complexity index is 1730. The smallest absolute Gasteiger partial charge is 0.220 e. The third kappa shape index (κ3) is 11.8. The zero-order valence-electron chi connectivity index (χ0n) is 30.9. The van der Waals surface area contributed by atoms with Gasteiger partial charge in [0, 0.05) is 77.7 Å². The first-order valence-electron chi connectivity index (χ1n) is 19.1. The first-order valence-corrected chi connectivity index (χ1v) is 19.1. The van der Waals surface area contributed by atoms with Crippen LogP contribution in [0.15, 0.2) is 103 Å².